The maximum atomic E-state index is 5.53. The van der Waals surface area contributed by atoms with Crippen LogP contribution in [0.2, 0.25) is 0 Å². The number of hydrogen-bond acceptors (Lipinski definition) is 4. The third-order valence-electron chi connectivity index (χ3n) is 5.01. The fourth-order valence-corrected chi connectivity index (χ4v) is 3.76. The lowest BCUT2D eigenvalue weighted by molar-refractivity contribution is 0.290. The molecule has 112 valence electrons. The quantitative estimate of drug-likeness (QED) is 0.913. The molecule has 4 nitrogen and oxygen atoms in total. The van der Waals surface area contributed by atoms with E-state index >= 15 is 0 Å². The summed E-state index contributed by atoms with van der Waals surface area (Å²) >= 11 is 0. The Kier molecular flexibility index (Phi) is 4.71. The largest absolute Gasteiger partial charge is 0.339 e. The lowest BCUT2D eigenvalue weighted by atomic mass is 9.80. The first-order chi connectivity index (χ1) is 9.86. The Balaban J connectivity index is 1.57. The summed E-state index contributed by atoms with van der Waals surface area (Å²) in [6.45, 7) is 4.40. The molecular formula is C16H27N3O. The van der Waals surface area contributed by atoms with E-state index in [-0.39, 0.29) is 0 Å². The Bertz CT molecular complexity index is 404. The number of nitrogens with zero attached hydrogens (tertiary/aromatic N) is 2. The van der Waals surface area contributed by atoms with Crippen molar-refractivity contribution in [2.45, 2.75) is 70.1 Å². The fourth-order valence-electron chi connectivity index (χ4n) is 3.76. The van der Waals surface area contributed by atoms with Crippen molar-refractivity contribution in [1.29, 1.82) is 0 Å². The highest BCUT2D eigenvalue weighted by atomic mass is 16.5. The van der Waals surface area contributed by atoms with E-state index in [1.54, 1.807) is 0 Å². The molecule has 1 aromatic heterocycles. The van der Waals surface area contributed by atoms with Gasteiger partial charge in [-0.05, 0) is 51.0 Å². The molecule has 1 aliphatic carbocycles. The smallest absolute Gasteiger partial charge is 0.231 e. The SMILES string of the molecule is CCCC1CCC(c2noc([C@H]3CCCNC3)n2)CC1. The van der Waals surface area contributed by atoms with Gasteiger partial charge >= 0.3 is 0 Å². The van der Waals surface area contributed by atoms with Crippen molar-refractivity contribution < 1.29 is 4.52 Å². The maximum absolute atomic E-state index is 5.53. The van der Waals surface area contributed by atoms with Gasteiger partial charge in [0.25, 0.3) is 0 Å². The van der Waals surface area contributed by atoms with E-state index < -0.39 is 0 Å². The van der Waals surface area contributed by atoms with Crippen molar-refractivity contribution in [3.63, 3.8) is 0 Å². The van der Waals surface area contributed by atoms with E-state index in [0.29, 0.717) is 11.8 Å². The molecule has 1 saturated carbocycles. The lowest BCUT2D eigenvalue weighted by Crippen LogP contribution is -2.28. The molecule has 3 rings (SSSR count). The van der Waals surface area contributed by atoms with E-state index in [0.717, 1.165) is 30.7 Å². The molecule has 0 spiro atoms. The molecule has 1 aromatic rings. The summed E-state index contributed by atoms with van der Waals surface area (Å²) in [5.74, 6) is 3.74. The Hall–Kier alpha value is -0.900. The summed E-state index contributed by atoms with van der Waals surface area (Å²) < 4.78 is 5.53. The van der Waals surface area contributed by atoms with Crippen molar-refractivity contribution in [3.8, 4) is 0 Å². The minimum Gasteiger partial charge on any atom is -0.339 e. The molecule has 0 aromatic carbocycles. The molecule has 2 aliphatic rings. The van der Waals surface area contributed by atoms with Crippen molar-refractivity contribution in [1.82, 2.24) is 15.5 Å². The summed E-state index contributed by atoms with van der Waals surface area (Å²) in [7, 11) is 0. The molecule has 2 heterocycles. The van der Waals surface area contributed by atoms with E-state index in [9.17, 15) is 0 Å². The first-order valence-corrected chi connectivity index (χ1v) is 8.41. The zero-order chi connectivity index (χ0) is 13.8. The Morgan fingerprint density at radius 3 is 2.70 bits per heavy atom. The monoisotopic (exact) mass is 277 g/mol. The van der Waals surface area contributed by atoms with Crippen LogP contribution in [0.25, 0.3) is 0 Å². The second kappa shape index (κ2) is 6.70. The fraction of sp³-hybridized carbons (Fsp3) is 0.875. The van der Waals surface area contributed by atoms with Gasteiger partial charge in [-0.3, -0.25) is 0 Å². The van der Waals surface area contributed by atoms with E-state index in [2.05, 4.69) is 17.4 Å². The molecule has 0 radical (unpaired) electrons. The lowest BCUT2D eigenvalue weighted by Gasteiger charge is -2.26. The highest BCUT2D eigenvalue weighted by Crippen LogP contribution is 2.36. The number of hydrogen-bond donors (Lipinski definition) is 1. The van der Waals surface area contributed by atoms with Crippen LogP contribution in [0.1, 0.15) is 81.8 Å². The first kappa shape index (κ1) is 14.1. The molecular weight excluding hydrogens is 250 g/mol. The van der Waals surface area contributed by atoms with Crippen molar-refractivity contribution in [2.75, 3.05) is 13.1 Å². The highest BCUT2D eigenvalue weighted by molar-refractivity contribution is 5.02. The number of aromatic nitrogens is 2. The second-order valence-electron chi connectivity index (χ2n) is 6.54. The minimum atomic E-state index is 0.432. The summed E-state index contributed by atoms with van der Waals surface area (Å²) in [6.07, 6.45) is 10.3. The van der Waals surface area contributed by atoms with Crippen molar-refractivity contribution >= 4 is 0 Å². The molecule has 1 saturated heterocycles. The van der Waals surface area contributed by atoms with Crippen LogP contribution in [0, 0.1) is 5.92 Å². The normalized spacial score (nSPS) is 31.4. The Morgan fingerprint density at radius 2 is 2.00 bits per heavy atom. The third-order valence-corrected chi connectivity index (χ3v) is 5.01. The summed E-state index contributed by atoms with van der Waals surface area (Å²) in [5.41, 5.74) is 0. The standard InChI is InChI=1S/C16H27N3O/c1-2-4-12-6-8-13(9-7-12)15-18-16(20-19-15)14-5-3-10-17-11-14/h12-14,17H,2-11H2,1H3/t12?,13?,14-/m0/s1. The van der Waals surface area contributed by atoms with Crippen LogP contribution in [0.4, 0.5) is 0 Å². The van der Waals surface area contributed by atoms with Gasteiger partial charge in [-0.2, -0.15) is 4.98 Å². The molecule has 0 amide bonds. The molecule has 2 fully saturated rings. The van der Waals surface area contributed by atoms with Gasteiger partial charge in [-0.1, -0.05) is 24.9 Å². The summed E-state index contributed by atoms with van der Waals surface area (Å²) in [5, 5.41) is 7.69. The van der Waals surface area contributed by atoms with Crippen molar-refractivity contribution in [3.05, 3.63) is 11.7 Å². The van der Waals surface area contributed by atoms with Crippen LogP contribution < -0.4 is 5.32 Å². The van der Waals surface area contributed by atoms with Crippen LogP contribution in [-0.2, 0) is 0 Å². The van der Waals surface area contributed by atoms with E-state index in [1.807, 2.05) is 0 Å². The van der Waals surface area contributed by atoms with Crippen LogP contribution in [0.5, 0.6) is 0 Å². The van der Waals surface area contributed by atoms with E-state index in [4.69, 9.17) is 9.51 Å². The predicted molar refractivity (Wildman–Crippen MR) is 78.7 cm³/mol. The zero-order valence-corrected chi connectivity index (χ0v) is 12.6. The number of nitrogens with one attached hydrogen (secondary N) is 1. The number of rotatable bonds is 4. The van der Waals surface area contributed by atoms with Crippen LogP contribution >= 0.6 is 0 Å². The molecule has 4 heteroatoms. The molecule has 20 heavy (non-hydrogen) atoms. The maximum Gasteiger partial charge on any atom is 0.231 e. The van der Waals surface area contributed by atoms with Gasteiger partial charge in [0.05, 0.1) is 5.92 Å². The van der Waals surface area contributed by atoms with Crippen LogP contribution in [0.3, 0.4) is 0 Å². The number of piperidine rings is 1. The average molecular weight is 277 g/mol. The average Bonchev–Trinajstić information content (AvgIpc) is 2.99. The molecule has 1 aliphatic heterocycles. The molecule has 0 bridgehead atoms. The van der Waals surface area contributed by atoms with Gasteiger partial charge < -0.3 is 9.84 Å². The van der Waals surface area contributed by atoms with Gasteiger partial charge in [-0.25, -0.2) is 0 Å². The first-order valence-electron chi connectivity index (χ1n) is 8.41. The van der Waals surface area contributed by atoms with Crippen molar-refractivity contribution in [2.24, 2.45) is 5.92 Å². The third kappa shape index (κ3) is 3.22. The zero-order valence-electron chi connectivity index (χ0n) is 12.6. The van der Waals surface area contributed by atoms with Gasteiger partial charge in [0.15, 0.2) is 5.82 Å². The van der Waals surface area contributed by atoms with Gasteiger partial charge in [-0.15, -0.1) is 0 Å². The predicted octanol–water partition coefficient (Wildman–Crippen LogP) is 3.61. The van der Waals surface area contributed by atoms with Crippen LogP contribution in [0.15, 0.2) is 4.52 Å². The van der Waals surface area contributed by atoms with Gasteiger partial charge in [0.1, 0.15) is 0 Å². The highest BCUT2D eigenvalue weighted by Gasteiger charge is 2.27. The van der Waals surface area contributed by atoms with Crippen LogP contribution in [-0.4, -0.2) is 23.2 Å². The summed E-state index contributed by atoms with van der Waals surface area (Å²) in [4.78, 5) is 4.71. The second-order valence-corrected chi connectivity index (χ2v) is 6.54. The molecule has 0 unspecified atom stereocenters. The molecule has 1 atom stereocenters. The van der Waals surface area contributed by atoms with E-state index in [1.165, 1.54) is 51.4 Å². The Labute approximate surface area is 121 Å². The Morgan fingerprint density at radius 1 is 1.15 bits per heavy atom. The topological polar surface area (TPSA) is 51.0 Å². The molecule has 1 N–H and O–H groups in total. The van der Waals surface area contributed by atoms with Gasteiger partial charge in [0, 0.05) is 12.5 Å². The minimum absolute atomic E-state index is 0.432. The summed E-state index contributed by atoms with van der Waals surface area (Å²) in [6, 6.07) is 0. The van der Waals surface area contributed by atoms with Gasteiger partial charge in [0.2, 0.25) is 5.89 Å².